The van der Waals surface area contributed by atoms with Crippen molar-refractivity contribution in [2.24, 2.45) is 11.3 Å². The molecule has 176 valence electrons. The standard InChI is InChI=1S/C25H27F3N2O3/c1-15-10-18(14-24(2,3)13-15)30-21-9-6-17(23(31)32)12-20(21)29-22(30)11-16-4-7-19(8-5-16)33-25(26,27)28/h4-9,12,15,18H,10-11,13-14H2,1-3H3,(H,31,32). The van der Waals surface area contributed by atoms with E-state index in [-0.39, 0.29) is 22.8 Å². The normalized spacial score (nSPS) is 20.7. The minimum Gasteiger partial charge on any atom is -0.478 e. The van der Waals surface area contributed by atoms with Crippen LogP contribution < -0.4 is 4.74 Å². The summed E-state index contributed by atoms with van der Waals surface area (Å²) in [7, 11) is 0. The monoisotopic (exact) mass is 460 g/mol. The fourth-order valence-electron chi connectivity index (χ4n) is 5.30. The Morgan fingerprint density at radius 3 is 2.48 bits per heavy atom. The van der Waals surface area contributed by atoms with Gasteiger partial charge in [-0.05, 0) is 66.5 Å². The van der Waals surface area contributed by atoms with Crippen molar-refractivity contribution in [1.29, 1.82) is 0 Å². The van der Waals surface area contributed by atoms with Crippen molar-refractivity contribution in [2.75, 3.05) is 0 Å². The third kappa shape index (κ3) is 5.31. The molecule has 0 spiro atoms. The first kappa shape index (κ1) is 23.1. The molecule has 0 bridgehead atoms. The lowest BCUT2D eigenvalue weighted by molar-refractivity contribution is -0.274. The number of halogens is 3. The van der Waals surface area contributed by atoms with E-state index in [1.807, 2.05) is 6.07 Å². The Bertz CT molecular complexity index is 1170. The van der Waals surface area contributed by atoms with E-state index in [2.05, 4.69) is 30.1 Å². The lowest BCUT2D eigenvalue weighted by Crippen LogP contribution is -2.30. The van der Waals surface area contributed by atoms with Crippen molar-refractivity contribution in [1.82, 2.24) is 9.55 Å². The Kier molecular flexibility index (Phi) is 5.88. The van der Waals surface area contributed by atoms with Crippen LogP contribution in [0.5, 0.6) is 5.75 Å². The number of aromatic carboxylic acids is 1. The summed E-state index contributed by atoms with van der Waals surface area (Å²) in [5, 5.41) is 9.39. The van der Waals surface area contributed by atoms with Crippen LogP contribution in [0.4, 0.5) is 13.2 Å². The first-order valence-corrected chi connectivity index (χ1v) is 11.0. The van der Waals surface area contributed by atoms with Crippen molar-refractivity contribution < 1.29 is 27.8 Å². The van der Waals surface area contributed by atoms with Gasteiger partial charge in [-0.1, -0.05) is 32.9 Å². The van der Waals surface area contributed by atoms with Crippen LogP contribution in [0.15, 0.2) is 42.5 Å². The molecule has 33 heavy (non-hydrogen) atoms. The van der Waals surface area contributed by atoms with E-state index < -0.39 is 12.3 Å². The van der Waals surface area contributed by atoms with Gasteiger partial charge in [0.1, 0.15) is 11.6 Å². The summed E-state index contributed by atoms with van der Waals surface area (Å²) >= 11 is 0. The number of carboxylic acid groups (broad SMARTS) is 1. The van der Waals surface area contributed by atoms with Crippen LogP contribution in [-0.4, -0.2) is 27.0 Å². The predicted octanol–water partition coefficient (Wildman–Crippen LogP) is 6.61. The number of hydrogen-bond donors (Lipinski definition) is 1. The zero-order valence-electron chi connectivity index (χ0n) is 18.8. The Labute approximate surface area is 190 Å². The zero-order valence-corrected chi connectivity index (χ0v) is 18.8. The largest absolute Gasteiger partial charge is 0.573 e. The molecule has 1 N–H and O–H groups in total. The molecule has 1 heterocycles. The number of hydrogen-bond acceptors (Lipinski definition) is 3. The van der Waals surface area contributed by atoms with Gasteiger partial charge in [0.15, 0.2) is 0 Å². The first-order chi connectivity index (χ1) is 15.4. The molecule has 0 radical (unpaired) electrons. The number of nitrogens with zero attached hydrogens (tertiary/aromatic N) is 2. The zero-order chi connectivity index (χ0) is 24.0. The molecule has 0 aliphatic heterocycles. The van der Waals surface area contributed by atoms with Crippen LogP contribution in [0.25, 0.3) is 11.0 Å². The number of ether oxygens (including phenoxy) is 1. The highest BCUT2D eigenvalue weighted by atomic mass is 19.4. The third-order valence-corrected chi connectivity index (χ3v) is 6.26. The molecule has 2 aromatic carbocycles. The molecule has 2 atom stereocenters. The Hall–Kier alpha value is -3.03. The van der Waals surface area contributed by atoms with E-state index in [0.29, 0.717) is 17.9 Å². The fourth-order valence-corrected chi connectivity index (χ4v) is 5.30. The van der Waals surface area contributed by atoms with Gasteiger partial charge in [-0.3, -0.25) is 0 Å². The average Bonchev–Trinajstić information content (AvgIpc) is 3.03. The lowest BCUT2D eigenvalue weighted by atomic mass is 9.70. The van der Waals surface area contributed by atoms with Gasteiger partial charge >= 0.3 is 12.3 Å². The lowest BCUT2D eigenvalue weighted by Gasteiger charge is -2.40. The summed E-state index contributed by atoms with van der Waals surface area (Å²) in [5.41, 5.74) is 2.61. The average molecular weight is 460 g/mol. The SMILES string of the molecule is CC1CC(n2c(Cc3ccc(OC(F)(F)F)cc3)nc3cc(C(=O)O)ccc32)CC(C)(C)C1. The van der Waals surface area contributed by atoms with Crippen molar-refractivity contribution in [3.63, 3.8) is 0 Å². The number of fused-ring (bicyclic) bond motifs is 1. The van der Waals surface area contributed by atoms with Crippen molar-refractivity contribution in [2.45, 2.75) is 58.9 Å². The van der Waals surface area contributed by atoms with Crippen molar-refractivity contribution in [3.05, 3.63) is 59.4 Å². The highest BCUT2D eigenvalue weighted by molar-refractivity contribution is 5.92. The summed E-state index contributed by atoms with van der Waals surface area (Å²) in [6, 6.07) is 11.0. The number of alkyl halides is 3. The summed E-state index contributed by atoms with van der Waals surface area (Å²) in [6.07, 6.45) is -1.23. The van der Waals surface area contributed by atoms with Crippen LogP contribution in [0.1, 0.15) is 67.8 Å². The minimum absolute atomic E-state index is 0.160. The topological polar surface area (TPSA) is 64.4 Å². The maximum absolute atomic E-state index is 12.5. The van der Waals surface area contributed by atoms with Gasteiger partial charge in [-0.15, -0.1) is 13.2 Å². The summed E-state index contributed by atoms with van der Waals surface area (Å²) < 4.78 is 43.6. The second-order valence-electron chi connectivity index (χ2n) is 9.84. The van der Waals surface area contributed by atoms with Gasteiger partial charge in [-0.2, -0.15) is 0 Å². The molecule has 1 fully saturated rings. The maximum Gasteiger partial charge on any atom is 0.573 e. The molecule has 1 saturated carbocycles. The van der Waals surface area contributed by atoms with E-state index in [1.54, 1.807) is 24.3 Å². The van der Waals surface area contributed by atoms with Crippen LogP contribution in [-0.2, 0) is 6.42 Å². The highest BCUT2D eigenvalue weighted by Gasteiger charge is 2.35. The van der Waals surface area contributed by atoms with E-state index in [9.17, 15) is 23.1 Å². The predicted molar refractivity (Wildman–Crippen MR) is 118 cm³/mol. The minimum atomic E-state index is -4.73. The molecule has 8 heteroatoms. The molecule has 1 aliphatic carbocycles. The Morgan fingerprint density at radius 2 is 1.88 bits per heavy atom. The molecule has 0 amide bonds. The van der Waals surface area contributed by atoms with Crippen molar-refractivity contribution >= 4 is 17.0 Å². The van der Waals surface area contributed by atoms with Gasteiger partial charge in [0.25, 0.3) is 0 Å². The van der Waals surface area contributed by atoms with E-state index in [0.717, 1.165) is 36.2 Å². The Balaban J connectivity index is 1.73. The second kappa shape index (κ2) is 8.39. The molecular weight excluding hydrogens is 433 g/mol. The van der Waals surface area contributed by atoms with Gasteiger partial charge in [-0.25, -0.2) is 9.78 Å². The number of aromatic nitrogens is 2. The molecule has 3 aromatic rings. The van der Waals surface area contributed by atoms with Gasteiger partial charge in [0, 0.05) is 12.5 Å². The van der Waals surface area contributed by atoms with Crippen molar-refractivity contribution in [3.8, 4) is 5.75 Å². The number of carbonyl (C=O) groups is 1. The van der Waals surface area contributed by atoms with Crippen LogP contribution in [0.3, 0.4) is 0 Å². The van der Waals surface area contributed by atoms with E-state index in [4.69, 9.17) is 4.98 Å². The van der Waals surface area contributed by atoms with Crippen LogP contribution in [0.2, 0.25) is 0 Å². The molecule has 2 unspecified atom stereocenters. The van der Waals surface area contributed by atoms with Crippen LogP contribution in [0, 0.1) is 11.3 Å². The summed E-state index contributed by atoms with van der Waals surface area (Å²) in [5.74, 6) is 0.0162. The number of imidazole rings is 1. The summed E-state index contributed by atoms with van der Waals surface area (Å²) in [4.78, 5) is 16.2. The quantitative estimate of drug-likeness (QED) is 0.465. The van der Waals surface area contributed by atoms with Gasteiger partial charge in [0.2, 0.25) is 0 Å². The third-order valence-electron chi connectivity index (χ3n) is 6.26. The fraction of sp³-hybridized carbons (Fsp3) is 0.440. The summed E-state index contributed by atoms with van der Waals surface area (Å²) in [6.45, 7) is 6.77. The number of carboxylic acids is 1. The molecule has 1 aromatic heterocycles. The first-order valence-electron chi connectivity index (χ1n) is 11.0. The smallest absolute Gasteiger partial charge is 0.478 e. The number of benzene rings is 2. The van der Waals surface area contributed by atoms with E-state index in [1.165, 1.54) is 12.1 Å². The van der Waals surface area contributed by atoms with E-state index >= 15 is 0 Å². The molecular formula is C25H27F3N2O3. The van der Waals surface area contributed by atoms with Crippen LogP contribution >= 0.6 is 0 Å². The highest BCUT2D eigenvalue weighted by Crippen LogP contribution is 2.45. The maximum atomic E-state index is 12.5. The van der Waals surface area contributed by atoms with Gasteiger partial charge in [0.05, 0.1) is 16.6 Å². The molecule has 1 aliphatic rings. The molecule has 5 nitrogen and oxygen atoms in total. The molecule has 0 saturated heterocycles. The number of rotatable bonds is 5. The van der Waals surface area contributed by atoms with Gasteiger partial charge < -0.3 is 14.4 Å². The second-order valence-corrected chi connectivity index (χ2v) is 9.84. The Morgan fingerprint density at radius 1 is 1.18 bits per heavy atom. The molecule has 4 rings (SSSR count).